The second-order valence-electron chi connectivity index (χ2n) is 16.0. The van der Waals surface area contributed by atoms with Gasteiger partial charge in [-0.3, -0.25) is 0 Å². The van der Waals surface area contributed by atoms with Gasteiger partial charge >= 0.3 is 337 Å². The van der Waals surface area contributed by atoms with Gasteiger partial charge in [0.2, 0.25) is 0 Å². The monoisotopic (exact) mass is 998 g/mol. The third-order valence-electron chi connectivity index (χ3n) is 10.4. The van der Waals surface area contributed by atoms with Crippen molar-refractivity contribution in [1.82, 2.24) is 0 Å². The first kappa shape index (κ1) is 54.4. The van der Waals surface area contributed by atoms with Gasteiger partial charge in [-0.2, -0.15) is 0 Å². The van der Waals surface area contributed by atoms with Crippen molar-refractivity contribution in [3.8, 4) is 0 Å². The number of hydrogen-bond acceptors (Lipinski definition) is 9. The summed E-state index contributed by atoms with van der Waals surface area (Å²) < 4.78 is 26.4. The molecule has 1 unspecified atom stereocenters. The van der Waals surface area contributed by atoms with Crippen LogP contribution >= 0.6 is 0 Å². The molecule has 1 atom stereocenters. The molecule has 1 saturated heterocycles. The summed E-state index contributed by atoms with van der Waals surface area (Å²) >= 11 is -7.40. The van der Waals surface area contributed by atoms with E-state index in [9.17, 15) is 24.3 Å². The van der Waals surface area contributed by atoms with Crippen LogP contribution in [0.25, 0.3) is 0 Å². The molecule has 55 heavy (non-hydrogen) atoms. The SMILES string of the molecule is CCCCCCCCCCCC(=O)[O][Sn]([CH2]CCC)([CH2]CCC)[O]C(=O)CCCCCCCCCCC.CCC[CH2][Sn]1([CH2]CCC)[O]C(=O)CC(O)C(=O)[O]1. The molecule has 9 nitrogen and oxygen atoms in total. The normalized spacial score (nSPS) is 15.4. The molecule has 0 aromatic carbocycles. The summed E-state index contributed by atoms with van der Waals surface area (Å²) in [5.41, 5.74) is 0. The molecule has 0 saturated carbocycles. The van der Waals surface area contributed by atoms with E-state index in [2.05, 4.69) is 41.5 Å². The molecule has 324 valence electrons. The fraction of sp³-hybridized carbons (Fsp3) is 0.909. The summed E-state index contributed by atoms with van der Waals surface area (Å²) in [6.07, 6.45) is 29.3. The van der Waals surface area contributed by atoms with Crippen molar-refractivity contribution in [2.75, 3.05) is 0 Å². The summed E-state index contributed by atoms with van der Waals surface area (Å²) in [6.45, 7) is 12.9. The van der Waals surface area contributed by atoms with Crippen LogP contribution in [0.2, 0.25) is 17.7 Å². The third kappa shape index (κ3) is 29.3. The van der Waals surface area contributed by atoms with Crippen LogP contribution in [0.3, 0.4) is 0 Å². The van der Waals surface area contributed by atoms with Gasteiger partial charge in [0, 0.05) is 0 Å². The van der Waals surface area contributed by atoms with E-state index in [0.29, 0.717) is 21.7 Å². The van der Waals surface area contributed by atoms with Crippen LogP contribution < -0.4 is 0 Å². The van der Waals surface area contributed by atoms with Gasteiger partial charge in [0.25, 0.3) is 0 Å². The summed E-state index contributed by atoms with van der Waals surface area (Å²) in [5.74, 6) is -1.36. The van der Waals surface area contributed by atoms with Crippen molar-refractivity contribution < 1.29 is 36.6 Å². The summed E-state index contributed by atoms with van der Waals surface area (Å²) in [6, 6.07) is 0. The van der Waals surface area contributed by atoms with Crippen molar-refractivity contribution in [2.45, 2.75) is 252 Å². The van der Waals surface area contributed by atoms with E-state index in [1.807, 2.05) is 0 Å². The van der Waals surface area contributed by atoms with Crippen LogP contribution in [0.4, 0.5) is 0 Å². The number of carbonyl (C=O) groups excluding carboxylic acids is 4. The average molecular weight is 997 g/mol. The maximum atomic E-state index is 12.8. The standard InChI is InChI=1S/2C12H24O2.C4H6O5.4C4H9.2Sn/c2*1-2-3-4-5-6-7-8-9-10-11-12(13)14;5-2(4(8)9)1-3(6)7;4*1-3-4-2;;/h2*2-11H2,1H3,(H,13,14);2,5H,1H2,(H,6,7)(H,8,9);4*1,3-4H2,2H3;;/q;;;;;;;2*+2/p-4. The average Bonchev–Trinajstić information content (AvgIpc) is 3.27. The number of unbranched alkanes of at least 4 members (excludes halogenated alkanes) is 20. The Morgan fingerprint density at radius 3 is 1.25 bits per heavy atom. The molecule has 1 aliphatic heterocycles. The first-order valence-electron chi connectivity index (χ1n) is 23.1. The quantitative estimate of drug-likeness (QED) is 0.0495. The van der Waals surface area contributed by atoms with E-state index in [0.717, 1.165) is 85.9 Å². The molecule has 1 heterocycles. The van der Waals surface area contributed by atoms with Gasteiger partial charge in [-0.1, -0.05) is 13.8 Å². The fourth-order valence-corrected chi connectivity index (χ4v) is 26.9. The molecule has 0 aliphatic carbocycles. The first-order chi connectivity index (χ1) is 26.6. The topological polar surface area (TPSA) is 125 Å². The minimum absolute atomic E-state index is 0.109. The number of aliphatic hydroxyl groups excluding tert-OH is 1. The Hall–Kier alpha value is -0.563. The van der Waals surface area contributed by atoms with E-state index in [4.69, 9.17) is 12.3 Å². The molecule has 1 N–H and O–H groups in total. The van der Waals surface area contributed by atoms with Crippen LogP contribution in [0, 0.1) is 0 Å². The molecule has 0 aromatic rings. The summed E-state index contributed by atoms with van der Waals surface area (Å²) in [4.78, 5) is 48.9. The molecular formula is C44H86O9Sn2. The van der Waals surface area contributed by atoms with Crippen LogP contribution in [-0.4, -0.2) is 73.5 Å². The predicted molar refractivity (Wildman–Crippen MR) is 229 cm³/mol. The van der Waals surface area contributed by atoms with E-state index in [1.165, 1.54) is 89.9 Å². The molecule has 0 spiro atoms. The van der Waals surface area contributed by atoms with Crippen molar-refractivity contribution in [2.24, 2.45) is 0 Å². The summed E-state index contributed by atoms with van der Waals surface area (Å²) in [5, 5.41) is 9.47. The van der Waals surface area contributed by atoms with Gasteiger partial charge in [0.15, 0.2) is 0 Å². The van der Waals surface area contributed by atoms with Gasteiger partial charge in [-0.15, -0.1) is 0 Å². The number of hydrogen-bond donors (Lipinski definition) is 1. The molecule has 1 rings (SSSR count). The number of rotatable bonds is 34. The van der Waals surface area contributed by atoms with Gasteiger partial charge in [-0.25, -0.2) is 0 Å². The van der Waals surface area contributed by atoms with Gasteiger partial charge in [0.05, 0.1) is 0 Å². The van der Waals surface area contributed by atoms with E-state index >= 15 is 0 Å². The fourth-order valence-electron chi connectivity index (χ4n) is 6.90. The Morgan fingerprint density at radius 1 is 0.545 bits per heavy atom. The van der Waals surface area contributed by atoms with Crippen molar-refractivity contribution in [3.05, 3.63) is 0 Å². The van der Waals surface area contributed by atoms with Crippen molar-refractivity contribution >= 4 is 62.3 Å². The molecular weight excluding hydrogens is 910 g/mol. The Labute approximate surface area is 348 Å². The van der Waals surface area contributed by atoms with Crippen LogP contribution in [0.5, 0.6) is 0 Å². The number of aliphatic hydroxyl groups is 1. The minimum atomic E-state index is -3.76. The Morgan fingerprint density at radius 2 is 0.891 bits per heavy atom. The van der Waals surface area contributed by atoms with Gasteiger partial charge < -0.3 is 0 Å². The zero-order valence-electron chi connectivity index (χ0n) is 36.6. The molecule has 0 bridgehead atoms. The van der Waals surface area contributed by atoms with Crippen molar-refractivity contribution in [1.29, 1.82) is 0 Å². The second kappa shape index (κ2) is 36.5. The Bertz CT molecular complexity index is 923. The van der Waals surface area contributed by atoms with E-state index < -0.39 is 56.5 Å². The Balaban J connectivity index is 0.00000134. The predicted octanol–water partition coefficient (Wildman–Crippen LogP) is 12.8. The van der Waals surface area contributed by atoms with Crippen LogP contribution in [-0.2, 0) is 31.5 Å². The zero-order chi connectivity index (χ0) is 41.0. The molecule has 1 aliphatic rings. The van der Waals surface area contributed by atoms with Crippen LogP contribution in [0.15, 0.2) is 0 Å². The molecule has 0 amide bonds. The van der Waals surface area contributed by atoms with E-state index in [-0.39, 0.29) is 18.4 Å². The molecule has 1 fully saturated rings. The first-order valence-corrected chi connectivity index (χ1v) is 35.9. The van der Waals surface area contributed by atoms with Gasteiger partial charge in [0.1, 0.15) is 0 Å². The van der Waals surface area contributed by atoms with Crippen LogP contribution in [0.1, 0.15) is 228 Å². The van der Waals surface area contributed by atoms with Crippen molar-refractivity contribution in [3.63, 3.8) is 0 Å². The molecule has 11 heteroatoms. The maximum absolute atomic E-state index is 12.8. The third-order valence-corrected chi connectivity index (χ3v) is 29.9. The Kier molecular flexibility index (Phi) is 36.1. The molecule has 0 radical (unpaired) electrons. The van der Waals surface area contributed by atoms with Gasteiger partial charge in [-0.05, 0) is 0 Å². The second-order valence-corrected chi connectivity index (χ2v) is 34.4. The number of carbonyl (C=O) groups is 4. The van der Waals surface area contributed by atoms with E-state index in [1.54, 1.807) is 0 Å². The zero-order valence-corrected chi connectivity index (χ0v) is 42.3. The summed E-state index contributed by atoms with van der Waals surface area (Å²) in [7, 11) is 0. The molecule has 0 aromatic heterocycles.